The maximum atomic E-state index is 10.7. The fourth-order valence-corrected chi connectivity index (χ4v) is 1.14. The molecule has 4 N–H and O–H groups in total. The van der Waals surface area contributed by atoms with E-state index in [-0.39, 0.29) is 18.7 Å². The summed E-state index contributed by atoms with van der Waals surface area (Å²) >= 11 is 0. The number of pyridine rings is 1. The summed E-state index contributed by atoms with van der Waals surface area (Å²) in [5.74, 6) is -1.00. The van der Waals surface area contributed by atoms with Gasteiger partial charge in [0.15, 0.2) is 0 Å². The first kappa shape index (κ1) is 12.6. The van der Waals surface area contributed by atoms with Crippen molar-refractivity contribution in [2.75, 3.05) is 13.2 Å². The molecule has 0 saturated heterocycles. The van der Waals surface area contributed by atoms with Gasteiger partial charge in [-0.1, -0.05) is 0 Å². The zero-order valence-corrected chi connectivity index (χ0v) is 8.63. The number of aromatic carboxylic acids is 1. The molecule has 1 heterocycles. The van der Waals surface area contributed by atoms with E-state index in [1.807, 2.05) is 0 Å². The molecule has 0 saturated carbocycles. The standard InChI is InChI=1S/C10H14N2O4/c13-6-9(14)5-11-4-8-3-7(10(15)16)1-2-12-8/h1-3,9,11,13-14H,4-6H2,(H,15,16)/t9-/m1/s1. The highest BCUT2D eigenvalue weighted by atomic mass is 16.4. The lowest BCUT2D eigenvalue weighted by atomic mass is 10.2. The number of aliphatic hydroxyl groups is 2. The molecule has 16 heavy (non-hydrogen) atoms. The van der Waals surface area contributed by atoms with Crippen molar-refractivity contribution >= 4 is 5.97 Å². The molecule has 0 unspecified atom stereocenters. The van der Waals surface area contributed by atoms with Crippen LogP contribution in [0.15, 0.2) is 18.3 Å². The van der Waals surface area contributed by atoms with E-state index >= 15 is 0 Å². The summed E-state index contributed by atoms with van der Waals surface area (Å²) < 4.78 is 0. The van der Waals surface area contributed by atoms with Crippen molar-refractivity contribution in [2.45, 2.75) is 12.6 Å². The van der Waals surface area contributed by atoms with E-state index in [0.29, 0.717) is 12.2 Å². The van der Waals surface area contributed by atoms with E-state index < -0.39 is 12.1 Å². The van der Waals surface area contributed by atoms with Crippen LogP contribution in [0.2, 0.25) is 0 Å². The second kappa shape index (κ2) is 6.16. The highest BCUT2D eigenvalue weighted by Gasteiger charge is 2.05. The van der Waals surface area contributed by atoms with Crippen LogP contribution in [-0.4, -0.2) is 45.5 Å². The Kier molecular flexibility index (Phi) is 4.84. The molecule has 0 spiro atoms. The molecular weight excluding hydrogens is 212 g/mol. The molecule has 0 bridgehead atoms. The van der Waals surface area contributed by atoms with Crippen molar-refractivity contribution in [3.05, 3.63) is 29.6 Å². The molecule has 1 aromatic heterocycles. The first-order valence-electron chi connectivity index (χ1n) is 4.81. The minimum atomic E-state index is -1.00. The van der Waals surface area contributed by atoms with Crippen molar-refractivity contribution in [2.24, 2.45) is 0 Å². The summed E-state index contributed by atoms with van der Waals surface area (Å²) in [5, 5.41) is 29.2. The van der Waals surface area contributed by atoms with E-state index in [0.717, 1.165) is 0 Å². The number of hydrogen-bond donors (Lipinski definition) is 4. The maximum absolute atomic E-state index is 10.7. The van der Waals surface area contributed by atoms with Gasteiger partial charge in [0, 0.05) is 19.3 Å². The molecule has 0 aliphatic rings. The van der Waals surface area contributed by atoms with Gasteiger partial charge >= 0.3 is 5.97 Å². The fourth-order valence-electron chi connectivity index (χ4n) is 1.14. The number of rotatable bonds is 6. The predicted molar refractivity (Wildman–Crippen MR) is 56.0 cm³/mol. The Morgan fingerprint density at radius 2 is 2.31 bits per heavy atom. The zero-order valence-electron chi connectivity index (χ0n) is 8.63. The summed E-state index contributed by atoms with van der Waals surface area (Å²) in [6.45, 7) is 0.267. The van der Waals surface area contributed by atoms with Gasteiger partial charge in [0.25, 0.3) is 0 Å². The largest absolute Gasteiger partial charge is 0.478 e. The van der Waals surface area contributed by atoms with E-state index in [4.69, 9.17) is 15.3 Å². The van der Waals surface area contributed by atoms with Gasteiger partial charge in [-0.25, -0.2) is 4.79 Å². The van der Waals surface area contributed by atoms with Gasteiger partial charge in [0.05, 0.1) is 24.0 Å². The molecule has 0 aliphatic carbocycles. The van der Waals surface area contributed by atoms with Gasteiger partial charge in [-0.2, -0.15) is 0 Å². The summed E-state index contributed by atoms with van der Waals surface area (Å²) in [7, 11) is 0. The van der Waals surface area contributed by atoms with Crippen LogP contribution >= 0.6 is 0 Å². The minimum Gasteiger partial charge on any atom is -0.478 e. The molecule has 0 aromatic carbocycles. The normalized spacial score (nSPS) is 12.4. The van der Waals surface area contributed by atoms with Gasteiger partial charge < -0.3 is 20.6 Å². The molecule has 6 nitrogen and oxygen atoms in total. The predicted octanol–water partition coefficient (Wildman–Crippen LogP) is -0.777. The Morgan fingerprint density at radius 3 is 2.94 bits per heavy atom. The summed E-state index contributed by atoms with van der Waals surface area (Å²) in [6, 6.07) is 2.87. The minimum absolute atomic E-state index is 0.175. The van der Waals surface area contributed by atoms with Crippen LogP contribution in [-0.2, 0) is 6.54 Å². The van der Waals surface area contributed by atoms with Crippen molar-refractivity contribution in [1.82, 2.24) is 10.3 Å². The van der Waals surface area contributed by atoms with E-state index in [1.165, 1.54) is 18.3 Å². The molecule has 0 amide bonds. The second-order valence-electron chi connectivity index (χ2n) is 3.31. The van der Waals surface area contributed by atoms with Crippen LogP contribution in [0.4, 0.5) is 0 Å². The Labute approximate surface area is 92.6 Å². The quantitative estimate of drug-likeness (QED) is 0.507. The Balaban J connectivity index is 2.48. The molecule has 6 heteroatoms. The third-order valence-electron chi connectivity index (χ3n) is 1.96. The zero-order chi connectivity index (χ0) is 12.0. The van der Waals surface area contributed by atoms with Gasteiger partial charge in [0.2, 0.25) is 0 Å². The number of nitrogens with zero attached hydrogens (tertiary/aromatic N) is 1. The van der Waals surface area contributed by atoms with Gasteiger partial charge in [0.1, 0.15) is 0 Å². The van der Waals surface area contributed by atoms with Crippen molar-refractivity contribution in [3.8, 4) is 0 Å². The fraction of sp³-hybridized carbons (Fsp3) is 0.400. The average molecular weight is 226 g/mol. The number of aliphatic hydroxyl groups excluding tert-OH is 2. The molecule has 1 atom stereocenters. The SMILES string of the molecule is O=C(O)c1ccnc(CNC[C@@H](O)CO)c1. The first-order valence-corrected chi connectivity index (χ1v) is 4.81. The number of carboxylic acid groups (broad SMARTS) is 1. The molecule has 88 valence electrons. The lowest BCUT2D eigenvalue weighted by Gasteiger charge is -2.08. The Bertz CT molecular complexity index is 356. The summed E-state index contributed by atoms with van der Waals surface area (Å²) in [5.41, 5.74) is 0.750. The van der Waals surface area contributed by atoms with Crippen LogP contribution in [0.5, 0.6) is 0 Å². The Morgan fingerprint density at radius 1 is 1.56 bits per heavy atom. The van der Waals surface area contributed by atoms with E-state index in [1.54, 1.807) is 0 Å². The van der Waals surface area contributed by atoms with Crippen LogP contribution in [0.3, 0.4) is 0 Å². The highest BCUT2D eigenvalue weighted by molar-refractivity contribution is 5.87. The van der Waals surface area contributed by atoms with Crippen LogP contribution in [0, 0.1) is 0 Å². The number of nitrogens with one attached hydrogen (secondary N) is 1. The second-order valence-corrected chi connectivity index (χ2v) is 3.31. The average Bonchev–Trinajstić information content (AvgIpc) is 2.29. The molecule has 0 fully saturated rings. The van der Waals surface area contributed by atoms with Crippen LogP contribution in [0.1, 0.15) is 16.1 Å². The topological polar surface area (TPSA) is 103 Å². The third-order valence-corrected chi connectivity index (χ3v) is 1.96. The van der Waals surface area contributed by atoms with Gasteiger partial charge in [-0.15, -0.1) is 0 Å². The van der Waals surface area contributed by atoms with E-state index in [9.17, 15) is 4.79 Å². The van der Waals surface area contributed by atoms with Gasteiger partial charge in [-0.05, 0) is 12.1 Å². The van der Waals surface area contributed by atoms with Crippen LogP contribution in [0.25, 0.3) is 0 Å². The lowest BCUT2D eigenvalue weighted by Crippen LogP contribution is -2.29. The van der Waals surface area contributed by atoms with E-state index in [2.05, 4.69) is 10.3 Å². The molecule has 0 radical (unpaired) electrons. The molecule has 1 aromatic rings. The van der Waals surface area contributed by atoms with Crippen molar-refractivity contribution < 1.29 is 20.1 Å². The number of aromatic nitrogens is 1. The Hall–Kier alpha value is -1.50. The molecular formula is C10H14N2O4. The smallest absolute Gasteiger partial charge is 0.335 e. The van der Waals surface area contributed by atoms with Crippen LogP contribution < -0.4 is 5.32 Å². The molecule has 0 aliphatic heterocycles. The monoisotopic (exact) mass is 226 g/mol. The third kappa shape index (κ3) is 3.93. The molecule has 1 rings (SSSR count). The lowest BCUT2D eigenvalue weighted by molar-refractivity contribution is 0.0696. The van der Waals surface area contributed by atoms with Crippen molar-refractivity contribution in [1.29, 1.82) is 0 Å². The number of hydrogen-bond acceptors (Lipinski definition) is 5. The van der Waals surface area contributed by atoms with Crippen molar-refractivity contribution in [3.63, 3.8) is 0 Å². The summed E-state index contributed by atoms with van der Waals surface area (Å²) in [4.78, 5) is 14.6. The number of carbonyl (C=O) groups is 1. The summed E-state index contributed by atoms with van der Waals surface area (Å²) in [6.07, 6.45) is 0.603. The highest BCUT2D eigenvalue weighted by Crippen LogP contribution is 2.01. The number of carboxylic acids is 1. The van der Waals surface area contributed by atoms with Gasteiger partial charge in [-0.3, -0.25) is 4.98 Å². The first-order chi connectivity index (χ1) is 7.63. The maximum Gasteiger partial charge on any atom is 0.335 e.